The van der Waals surface area contributed by atoms with Crippen LogP contribution in [0.1, 0.15) is 0 Å². The van der Waals surface area contributed by atoms with Crippen molar-refractivity contribution in [2.75, 3.05) is 0 Å². The van der Waals surface area contributed by atoms with Gasteiger partial charge in [0.25, 0.3) is 5.69 Å². The minimum Gasteiger partial charge on any atom is -0.359 e. The van der Waals surface area contributed by atoms with Crippen molar-refractivity contribution >= 4 is 16.6 Å². The number of nitrogens with one attached hydrogen (secondary N) is 1. The first-order valence-electron chi connectivity index (χ1n) is 7.60. The Kier molecular flexibility index (Phi) is 3.50. The minimum atomic E-state index is -0.434. The molecule has 2 heterocycles. The number of nitro benzene ring substituents is 1. The van der Waals surface area contributed by atoms with E-state index < -0.39 is 4.92 Å². The van der Waals surface area contributed by atoms with Crippen molar-refractivity contribution < 1.29 is 9.31 Å². The van der Waals surface area contributed by atoms with Crippen LogP contribution in [0.2, 0.25) is 0 Å². The average molecular weight is 333 g/mol. The monoisotopic (exact) mass is 333 g/mol. The summed E-state index contributed by atoms with van der Waals surface area (Å²) < 4.78 is 13.5. The number of aromatic amines is 1. The second-order valence-electron chi connectivity index (χ2n) is 5.60. The van der Waals surface area contributed by atoms with E-state index in [1.54, 1.807) is 30.6 Å². The fraction of sp³-hybridized carbons (Fsp3) is 0. The molecule has 0 saturated carbocycles. The molecule has 0 aliphatic heterocycles. The second kappa shape index (κ2) is 5.83. The van der Waals surface area contributed by atoms with Gasteiger partial charge in [-0.15, -0.1) is 0 Å². The Morgan fingerprint density at radius 3 is 2.64 bits per heavy atom. The van der Waals surface area contributed by atoms with Crippen LogP contribution in [-0.4, -0.2) is 14.9 Å². The lowest BCUT2D eigenvalue weighted by atomic mass is 10.0. The molecule has 2 aromatic heterocycles. The largest absolute Gasteiger partial charge is 0.359 e. The molecule has 0 aliphatic carbocycles. The lowest BCUT2D eigenvalue weighted by Crippen LogP contribution is -1.90. The number of pyridine rings is 1. The van der Waals surface area contributed by atoms with Gasteiger partial charge in [0.1, 0.15) is 5.82 Å². The number of non-ortho nitro benzene ring substituents is 1. The zero-order chi connectivity index (χ0) is 17.4. The van der Waals surface area contributed by atoms with Crippen LogP contribution in [0.3, 0.4) is 0 Å². The van der Waals surface area contributed by atoms with Gasteiger partial charge in [-0.05, 0) is 23.8 Å². The minimum absolute atomic E-state index is 0.00760. The van der Waals surface area contributed by atoms with Crippen molar-refractivity contribution in [3.8, 4) is 22.4 Å². The topological polar surface area (TPSA) is 71.8 Å². The average Bonchev–Trinajstić information content (AvgIpc) is 3.06. The summed E-state index contributed by atoms with van der Waals surface area (Å²) in [7, 11) is 0. The molecule has 0 radical (unpaired) electrons. The van der Waals surface area contributed by atoms with Crippen molar-refractivity contribution in [1.29, 1.82) is 0 Å². The Morgan fingerprint density at radius 2 is 1.84 bits per heavy atom. The Labute approximate surface area is 141 Å². The summed E-state index contributed by atoms with van der Waals surface area (Å²) in [5.41, 5.74) is 3.62. The van der Waals surface area contributed by atoms with Crippen molar-refractivity contribution in [1.82, 2.24) is 9.97 Å². The van der Waals surface area contributed by atoms with Gasteiger partial charge in [0.05, 0.1) is 16.1 Å². The molecule has 0 aliphatic rings. The van der Waals surface area contributed by atoms with E-state index in [1.165, 1.54) is 24.3 Å². The van der Waals surface area contributed by atoms with Crippen LogP contribution in [-0.2, 0) is 0 Å². The molecule has 122 valence electrons. The van der Waals surface area contributed by atoms with Gasteiger partial charge in [-0.3, -0.25) is 15.1 Å². The van der Waals surface area contributed by atoms with Crippen LogP contribution in [0.15, 0.2) is 67.0 Å². The maximum Gasteiger partial charge on any atom is 0.270 e. The zero-order valence-electron chi connectivity index (χ0n) is 12.9. The van der Waals surface area contributed by atoms with Gasteiger partial charge < -0.3 is 4.98 Å². The molecule has 25 heavy (non-hydrogen) atoms. The van der Waals surface area contributed by atoms with E-state index in [-0.39, 0.29) is 11.5 Å². The van der Waals surface area contributed by atoms with E-state index >= 15 is 0 Å². The number of rotatable bonds is 3. The summed E-state index contributed by atoms with van der Waals surface area (Å²) in [5, 5.41) is 11.9. The summed E-state index contributed by atoms with van der Waals surface area (Å²) in [4.78, 5) is 18.1. The Bertz CT molecular complexity index is 1100. The summed E-state index contributed by atoms with van der Waals surface area (Å²) >= 11 is 0. The lowest BCUT2D eigenvalue weighted by molar-refractivity contribution is -0.384. The van der Waals surface area contributed by atoms with Crippen LogP contribution in [0.4, 0.5) is 10.1 Å². The molecule has 6 heteroatoms. The molecule has 0 saturated heterocycles. The van der Waals surface area contributed by atoms with Crippen LogP contribution in [0.25, 0.3) is 33.3 Å². The summed E-state index contributed by atoms with van der Waals surface area (Å²) in [6.45, 7) is 0. The van der Waals surface area contributed by atoms with Gasteiger partial charge in [0.2, 0.25) is 0 Å². The maximum absolute atomic E-state index is 13.5. The number of benzene rings is 2. The molecule has 1 N–H and O–H groups in total. The molecule has 2 aromatic carbocycles. The molecule has 0 unspecified atom stereocenters. The fourth-order valence-corrected chi connectivity index (χ4v) is 2.93. The number of halogens is 1. The number of nitro groups is 1. The van der Waals surface area contributed by atoms with E-state index in [4.69, 9.17) is 0 Å². The van der Waals surface area contributed by atoms with Crippen LogP contribution in [0, 0.1) is 15.9 Å². The maximum atomic E-state index is 13.5. The number of fused-ring (bicyclic) bond motifs is 1. The highest BCUT2D eigenvalue weighted by atomic mass is 19.1. The van der Waals surface area contributed by atoms with Crippen LogP contribution in [0.5, 0.6) is 0 Å². The zero-order valence-corrected chi connectivity index (χ0v) is 12.9. The van der Waals surface area contributed by atoms with E-state index in [9.17, 15) is 14.5 Å². The third-order valence-corrected chi connectivity index (χ3v) is 4.07. The van der Waals surface area contributed by atoms with Gasteiger partial charge in [-0.1, -0.05) is 24.3 Å². The molecule has 0 bridgehead atoms. The Balaban J connectivity index is 1.90. The quantitative estimate of drug-likeness (QED) is 0.426. The number of nitrogens with zero attached hydrogens (tertiary/aromatic N) is 2. The number of hydrogen-bond donors (Lipinski definition) is 1. The predicted octanol–water partition coefficient (Wildman–Crippen LogP) is 4.94. The van der Waals surface area contributed by atoms with Gasteiger partial charge in [0, 0.05) is 41.0 Å². The SMILES string of the molecule is O=[N+]([O-])c1cccc(-c2nccc3c(-c4cccc(F)c4)c[nH]c23)c1. The predicted molar refractivity (Wildman–Crippen MR) is 93.6 cm³/mol. The highest BCUT2D eigenvalue weighted by molar-refractivity contribution is 6.01. The first-order chi connectivity index (χ1) is 12.1. The molecule has 5 nitrogen and oxygen atoms in total. The van der Waals surface area contributed by atoms with Crippen molar-refractivity contribution in [2.45, 2.75) is 0 Å². The van der Waals surface area contributed by atoms with Crippen LogP contribution < -0.4 is 0 Å². The van der Waals surface area contributed by atoms with Gasteiger partial charge in [-0.2, -0.15) is 0 Å². The van der Waals surface area contributed by atoms with Crippen molar-refractivity contribution in [3.05, 3.63) is 82.9 Å². The van der Waals surface area contributed by atoms with E-state index in [0.717, 1.165) is 22.0 Å². The smallest absolute Gasteiger partial charge is 0.270 e. The third-order valence-electron chi connectivity index (χ3n) is 4.07. The number of hydrogen-bond acceptors (Lipinski definition) is 3. The van der Waals surface area contributed by atoms with E-state index in [0.29, 0.717) is 11.3 Å². The summed E-state index contributed by atoms with van der Waals surface area (Å²) in [6, 6.07) is 14.5. The normalized spacial score (nSPS) is 10.9. The first-order valence-corrected chi connectivity index (χ1v) is 7.60. The molecular weight excluding hydrogens is 321 g/mol. The summed E-state index contributed by atoms with van der Waals surface area (Å²) in [5.74, 6) is -0.306. The van der Waals surface area contributed by atoms with Crippen molar-refractivity contribution in [3.63, 3.8) is 0 Å². The first kappa shape index (κ1) is 15.0. The Hall–Kier alpha value is -3.54. The fourth-order valence-electron chi connectivity index (χ4n) is 2.93. The molecule has 0 spiro atoms. The van der Waals surface area contributed by atoms with Crippen LogP contribution >= 0.6 is 0 Å². The van der Waals surface area contributed by atoms with Gasteiger partial charge in [-0.25, -0.2) is 4.39 Å². The highest BCUT2D eigenvalue weighted by Gasteiger charge is 2.14. The third kappa shape index (κ3) is 2.63. The molecule has 4 rings (SSSR count). The molecule has 0 fully saturated rings. The highest BCUT2D eigenvalue weighted by Crippen LogP contribution is 2.34. The molecule has 0 atom stereocenters. The summed E-state index contributed by atoms with van der Waals surface area (Å²) in [6.07, 6.45) is 3.44. The van der Waals surface area contributed by atoms with E-state index in [1.807, 2.05) is 12.1 Å². The number of aromatic nitrogens is 2. The van der Waals surface area contributed by atoms with Gasteiger partial charge in [0.15, 0.2) is 0 Å². The standard InChI is InChI=1S/C19H12FN3O2/c20-14-5-1-3-12(9-14)17-11-22-19-16(17)7-8-21-18(19)13-4-2-6-15(10-13)23(24)25/h1-11,22H. The number of H-pyrrole nitrogens is 1. The molecular formula is C19H12FN3O2. The molecule has 0 amide bonds. The lowest BCUT2D eigenvalue weighted by Gasteiger charge is -2.04. The second-order valence-corrected chi connectivity index (χ2v) is 5.60. The van der Waals surface area contributed by atoms with E-state index in [2.05, 4.69) is 9.97 Å². The van der Waals surface area contributed by atoms with Gasteiger partial charge >= 0.3 is 0 Å². The Morgan fingerprint density at radius 1 is 1.04 bits per heavy atom. The van der Waals surface area contributed by atoms with Crippen molar-refractivity contribution in [2.24, 2.45) is 0 Å². The molecule has 4 aromatic rings.